The molecular weight excluding hydrogens is 314 g/mol. The highest BCUT2D eigenvalue weighted by molar-refractivity contribution is 8.18. The third kappa shape index (κ3) is 4.82. The molecule has 0 saturated carbocycles. The fourth-order valence-corrected chi connectivity index (χ4v) is 3.05. The van der Waals surface area contributed by atoms with Gasteiger partial charge >= 0.3 is 0 Å². The summed E-state index contributed by atoms with van der Waals surface area (Å²) in [6, 6.07) is 9.66. The number of allylic oxidation sites excluding steroid dienone is 2. The third-order valence-electron chi connectivity index (χ3n) is 3.19. The van der Waals surface area contributed by atoms with Crippen molar-refractivity contribution in [2.24, 2.45) is 0 Å². The molecule has 120 valence electrons. The van der Waals surface area contributed by atoms with Gasteiger partial charge in [0.15, 0.2) is 0 Å². The Kier molecular flexibility index (Phi) is 5.76. The number of hydrogen-bond acceptors (Lipinski definition) is 5. The van der Waals surface area contributed by atoms with E-state index < -0.39 is 5.97 Å². The number of thioether (sulfide) groups is 1. The lowest BCUT2D eigenvalue weighted by Crippen LogP contribution is -2.31. The Balaban J connectivity index is 2.06. The quantitative estimate of drug-likeness (QED) is 0.747. The van der Waals surface area contributed by atoms with Crippen molar-refractivity contribution in [1.82, 2.24) is 4.90 Å². The van der Waals surface area contributed by atoms with E-state index in [-0.39, 0.29) is 30.5 Å². The normalized spacial score (nSPS) is 17.2. The van der Waals surface area contributed by atoms with Gasteiger partial charge in [-0.3, -0.25) is 14.5 Å². The molecule has 0 unspecified atom stereocenters. The van der Waals surface area contributed by atoms with Gasteiger partial charge < -0.3 is 9.90 Å². The van der Waals surface area contributed by atoms with Crippen molar-refractivity contribution in [2.75, 3.05) is 6.54 Å². The monoisotopic (exact) mass is 330 g/mol. The first-order valence-corrected chi connectivity index (χ1v) is 7.97. The van der Waals surface area contributed by atoms with Crippen LogP contribution in [0.2, 0.25) is 0 Å². The van der Waals surface area contributed by atoms with Crippen molar-refractivity contribution in [3.63, 3.8) is 0 Å². The van der Waals surface area contributed by atoms with Gasteiger partial charge in [0.2, 0.25) is 0 Å². The summed E-state index contributed by atoms with van der Waals surface area (Å²) in [6.45, 7) is 1.95. The molecule has 0 radical (unpaired) electrons. The second kappa shape index (κ2) is 7.78. The summed E-state index contributed by atoms with van der Waals surface area (Å²) in [5, 5.41) is 10.0. The molecule has 1 aliphatic heterocycles. The van der Waals surface area contributed by atoms with Crippen LogP contribution in [-0.2, 0) is 9.59 Å². The van der Waals surface area contributed by atoms with Crippen LogP contribution in [0.25, 0.3) is 6.08 Å². The van der Waals surface area contributed by atoms with E-state index in [4.69, 9.17) is 0 Å². The fourth-order valence-electron chi connectivity index (χ4n) is 2.13. The minimum atomic E-state index is -1.19. The molecule has 1 heterocycles. The molecule has 0 atom stereocenters. The maximum absolute atomic E-state index is 12.2. The van der Waals surface area contributed by atoms with Gasteiger partial charge in [-0.1, -0.05) is 36.4 Å². The summed E-state index contributed by atoms with van der Waals surface area (Å²) in [5.41, 5.74) is 1.87. The molecule has 1 aliphatic rings. The van der Waals surface area contributed by atoms with E-state index in [9.17, 15) is 19.5 Å². The number of carbonyl (C=O) groups is 3. The molecule has 5 nitrogen and oxygen atoms in total. The van der Waals surface area contributed by atoms with E-state index in [1.807, 2.05) is 43.3 Å². The number of carboxylic acids is 1. The van der Waals surface area contributed by atoms with Crippen LogP contribution in [0, 0.1) is 0 Å². The molecule has 1 aromatic rings. The molecular formula is C17H16NO4S-. The Morgan fingerprint density at radius 2 is 1.96 bits per heavy atom. The van der Waals surface area contributed by atoms with Gasteiger partial charge in [0, 0.05) is 12.5 Å². The van der Waals surface area contributed by atoms with Crippen molar-refractivity contribution in [3.8, 4) is 0 Å². The topological polar surface area (TPSA) is 77.5 Å². The zero-order valence-electron chi connectivity index (χ0n) is 12.7. The van der Waals surface area contributed by atoms with Gasteiger partial charge in [0.25, 0.3) is 11.1 Å². The van der Waals surface area contributed by atoms with Crippen LogP contribution in [0.1, 0.15) is 25.3 Å². The number of aliphatic carboxylic acids is 1. The molecule has 0 spiro atoms. The van der Waals surface area contributed by atoms with Crippen molar-refractivity contribution < 1.29 is 19.5 Å². The molecule has 1 fully saturated rings. The maximum Gasteiger partial charge on any atom is 0.293 e. The van der Waals surface area contributed by atoms with Crippen LogP contribution in [0.3, 0.4) is 0 Å². The number of amides is 2. The number of hydrogen-bond donors (Lipinski definition) is 0. The average molecular weight is 330 g/mol. The zero-order valence-corrected chi connectivity index (χ0v) is 13.5. The predicted octanol–water partition coefficient (Wildman–Crippen LogP) is 2.20. The number of rotatable bonds is 6. The van der Waals surface area contributed by atoms with E-state index in [0.717, 1.165) is 27.8 Å². The van der Waals surface area contributed by atoms with E-state index in [1.54, 1.807) is 6.08 Å². The van der Waals surface area contributed by atoms with Gasteiger partial charge in [0.1, 0.15) is 0 Å². The third-order valence-corrected chi connectivity index (χ3v) is 4.10. The number of nitrogens with zero attached hydrogens (tertiary/aromatic N) is 1. The summed E-state index contributed by atoms with van der Waals surface area (Å²) < 4.78 is 0. The fraction of sp³-hybridized carbons (Fsp3) is 0.235. The molecule has 23 heavy (non-hydrogen) atoms. The molecule has 6 heteroatoms. The first kappa shape index (κ1) is 17.0. The van der Waals surface area contributed by atoms with E-state index >= 15 is 0 Å². The molecule has 0 bridgehead atoms. The number of imide groups is 1. The van der Waals surface area contributed by atoms with E-state index in [0.29, 0.717) is 4.91 Å². The van der Waals surface area contributed by atoms with Crippen molar-refractivity contribution in [2.45, 2.75) is 19.8 Å². The maximum atomic E-state index is 12.2. The standard InChI is InChI=1S/C17H17NO4S/c1-12(10-13-6-3-2-4-7-13)11-14-16(21)18(17(22)23-14)9-5-8-15(19)20/h2-4,6-7,10-11H,5,8-9H2,1H3,(H,19,20)/p-1/b12-10+,14-11+. The lowest BCUT2D eigenvalue weighted by atomic mass is 10.1. The first-order valence-electron chi connectivity index (χ1n) is 7.16. The second-order valence-electron chi connectivity index (χ2n) is 5.11. The largest absolute Gasteiger partial charge is 0.550 e. The molecule has 2 amide bonds. The highest BCUT2D eigenvalue weighted by Gasteiger charge is 2.34. The van der Waals surface area contributed by atoms with Crippen LogP contribution in [0.15, 0.2) is 46.9 Å². The Labute approximate surface area is 138 Å². The van der Waals surface area contributed by atoms with Crippen LogP contribution < -0.4 is 5.11 Å². The highest BCUT2D eigenvalue weighted by atomic mass is 32.2. The molecule has 1 saturated heterocycles. The lowest BCUT2D eigenvalue weighted by Gasteiger charge is -2.12. The highest BCUT2D eigenvalue weighted by Crippen LogP contribution is 2.31. The van der Waals surface area contributed by atoms with Crippen LogP contribution in [-0.4, -0.2) is 28.6 Å². The summed E-state index contributed by atoms with van der Waals surface area (Å²) in [7, 11) is 0. The minimum absolute atomic E-state index is 0.0947. The molecule has 1 aromatic carbocycles. The second-order valence-corrected chi connectivity index (χ2v) is 6.10. The van der Waals surface area contributed by atoms with Gasteiger partial charge in [-0.25, -0.2) is 0 Å². The van der Waals surface area contributed by atoms with E-state index in [2.05, 4.69) is 0 Å². The number of benzene rings is 1. The lowest BCUT2D eigenvalue weighted by molar-refractivity contribution is -0.305. The van der Waals surface area contributed by atoms with Gasteiger partial charge in [-0.15, -0.1) is 0 Å². The summed E-state index contributed by atoms with van der Waals surface area (Å²) in [5.74, 6) is -1.56. The SMILES string of the molecule is CC(=C\c1ccccc1)/C=C1/SC(=O)N(CCCC(=O)[O-])C1=O. The van der Waals surface area contributed by atoms with Gasteiger partial charge in [-0.05, 0) is 48.7 Å². The summed E-state index contributed by atoms with van der Waals surface area (Å²) >= 11 is 0.874. The van der Waals surface area contributed by atoms with Crippen LogP contribution in [0.5, 0.6) is 0 Å². The van der Waals surface area contributed by atoms with Crippen LogP contribution in [0.4, 0.5) is 4.79 Å². The van der Waals surface area contributed by atoms with E-state index in [1.165, 1.54) is 0 Å². The summed E-state index contributed by atoms with van der Waals surface area (Å²) in [4.78, 5) is 35.9. The predicted molar refractivity (Wildman–Crippen MR) is 87.1 cm³/mol. The molecule has 2 rings (SSSR count). The van der Waals surface area contributed by atoms with Gasteiger partial charge in [-0.2, -0.15) is 0 Å². The minimum Gasteiger partial charge on any atom is -0.550 e. The zero-order chi connectivity index (χ0) is 16.8. The van der Waals surface area contributed by atoms with Crippen LogP contribution >= 0.6 is 11.8 Å². The van der Waals surface area contributed by atoms with Crippen molar-refractivity contribution >= 4 is 35.0 Å². The number of carbonyl (C=O) groups excluding carboxylic acids is 3. The Morgan fingerprint density at radius 3 is 2.61 bits per heavy atom. The van der Waals surface area contributed by atoms with Gasteiger partial charge in [0.05, 0.1) is 4.91 Å². The van der Waals surface area contributed by atoms with Crippen molar-refractivity contribution in [3.05, 3.63) is 52.4 Å². The number of carboxylic acid groups (broad SMARTS) is 1. The Bertz CT molecular complexity index is 679. The Hall–Kier alpha value is -2.34. The Morgan fingerprint density at radius 1 is 1.26 bits per heavy atom. The smallest absolute Gasteiger partial charge is 0.293 e. The van der Waals surface area contributed by atoms with Crippen molar-refractivity contribution in [1.29, 1.82) is 0 Å². The molecule has 0 N–H and O–H groups in total. The first-order chi connectivity index (χ1) is 11.0. The average Bonchev–Trinajstić information content (AvgIpc) is 2.75. The molecule has 0 aliphatic carbocycles. The summed E-state index contributed by atoms with van der Waals surface area (Å²) in [6.07, 6.45) is 3.63. The molecule has 0 aromatic heterocycles.